The number of alkyl halides is 3. The van der Waals surface area contributed by atoms with Crippen molar-refractivity contribution < 1.29 is 54.9 Å². The zero-order valence-corrected chi connectivity index (χ0v) is 48.1. The van der Waals surface area contributed by atoms with Gasteiger partial charge < -0.3 is 44.0 Å². The van der Waals surface area contributed by atoms with Gasteiger partial charge in [-0.2, -0.15) is 13.2 Å². The molecule has 2 atom stereocenters. The molecule has 0 bridgehead atoms. The Morgan fingerprint density at radius 2 is 1.48 bits per heavy atom. The molecule has 3 fully saturated rings. The number of hydrogen-bond acceptors (Lipinski definition) is 11. The molecular weight excluding hydrogens is 1120 g/mol. The van der Waals surface area contributed by atoms with Gasteiger partial charge in [-0.05, 0) is 149 Å². The van der Waals surface area contributed by atoms with E-state index in [1.807, 2.05) is 99.6 Å². The summed E-state index contributed by atoms with van der Waals surface area (Å²) in [5.41, 5.74) is 0.289. The first-order valence-corrected chi connectivity index (χ1v) is 32.4. The van der Waals surface area contributed by atoms with Gasteiger partial charge in [0.15, 0.2) is 0 Å². The molecule has 79 heavy (non-hydrogen) atoms. The fourth-order valence-corrected chi connectivity index (χ4v) is 16.4. The molecule has 1 aromatic heterocycles. The number of benzene rings is 5. The number of rotatable bonds is 19. The first-order valence-electron chi connectivity index (χ1n) is 26.1. The van der Waals surface area contributed by atoms with Crippen molar-refractivity contribution in [3.63, 3.8) is 0 Å². The summed E-state index contributed by atoms with van der Waals surface area (Å²) in [6, 6.07) is 34.9. The number of nitrogens with one attached hydrogen (secondary N) is 1. The standard InChI is InChI=1S/C56H64ClF3N6O9P2S2/c1-38(2)66-39(3)52(55(67)68)53(54(66)41-12-14-43(57)15-13-41)42-8-7-9-47(34-42)64-30-28-63(29-31-64)45-16-18-46(19-17-45)65-32-33-75-77(65,72)48-20-21-50(51(35-48)79(73,74)56(58,59)60)61-44(37-78-49-10-5-4-6-11-49)24-27-62-25-22-40(23-26-62)36-76(69,70)71/h4-21,34-35,38,40,44,61H,22-33,36-37H2,1-3H3,(H,67,68)(H2,69,70,71)/t44-,77+/m1/s1. The zero-order chi connectivity index (χ0) is 56.4. The van der Waals surface area contributed by atoms with E-state index in [2.05, 4.69) is 24.6 Å². The number of piperidine rings is 1. The number of thioether (sulfide) groups is 1. The summed E-state index contributed by atoms with van der Waals surface area (Å²) < 4.78 is 107. The van der Waals surface area contributed by atoms with E-state index in [0.29, 0.717) is 92.8 Å². The molecule has 0 amide bonds. The molecule has 23 heteroatoms. The maximum Gasteiger partial charge on any atom is 0.501 e. The van der Waals surface area contributed by atoms with Gasteiger partial charge in [0.1, 0.15) is 4.90 Å². The number of hydrogen-bond donors (Lipinski definition) is 4. The third kappa shape index (κ3) is 13.1. The number of nitrogens with zero attached hydrogens (tertiary/aromatic N) is 5. The zero-order valence-electron chi connectivity index (χ0n) is 43.9. The molecule has 0 spiro atoms. The molecule has 0 aliphatic carbocycles. The van der Waals surface area contributed by atoms with Gasteiger partial charge in [-0.25, -0.2) is 13.2 Å². The minimum Gasteiger partial charge on any atom is -0.478 e. The lowest BCUT2D eigenvalue weighted by molar-refractivity contribution is -0.0435. The van der Waals surface area contributed by atoms with Crippen molar-refractivity contribution >= 4 is 82.3 Å². The summed E-state index contributed by atoms with van der Waals surface area (Å²) in [6.45, 7) is 10.2. The SMILES string of the molecule is Cc1c(C(=O)O)c(-c2cccc(N3CCN(c4ccc(N5CCO[P@@]5(=O)c5ccc(N[C@H](CCN6CCC(CP(=O)(O)O)CC6)CSc6ccccc6)c(S(=O)(=O)C(F)(F)F)c5)cc4)CC3)c2)c(-c2ccc(Cl)cc2)n1C(C)C. The van der Waals surface area contributed by atoms with Gasteiger partial charge in [-0.3, -0.25) is 13.8 Å². The number of piperazine rings is 1. The number of aromatic nitrogens is 1. The number of carboxylic acids is 1. The van der Waals surface area contributed by atoms with Gasteiger partial charge in [0.2, 0.25) is 0 Å². The van der Waals surface area contributed by atoms with Crippen molar-refractivity contribution in [2.24, 2.45) is 5.92 Å². The van der Waals surface area contributed by atoms with Gasteiger partial charge in [0.05, 0.1) is 41.6 Å². The summed E-state index contributed by atoms with van der Waals surface area (Å²) in [7, 11) is -14.3. The second kappa shape index (κ2) is 24.1. The van der Waals surface area contributed by atoms with Gasteiger partial charge >= 0.3 is 26.6 Å². The smallest absolute Gasteiger partial charge is 0.478 e. The number of halogens is 4. The van der Waals surface area contributed by atoms with Crippen LogP contribution >= 0.6 is 38.5 Å². The topological polar surface area (TPSA) is 185 Å². The Balaban J connectivity index is 0.914. The lowest BCUT2D eigenvalue weighted by Crippen LogP contribution is -2.46. The Morgan fingerprint density at radius 1 is 0.835 bits per heavy atom. The molecule has 15 nitrogen and oxygen atoms in total. The van der Waals surface area contributed by atoms with Crippen LogP contribution in [-0.4, -0.2) is 121 Å². The normalized spacial score (nSPS) is 18.4. The minimum atomic E-state index is -5.99. The van der Waals surface area contributed by atoms with Crippen LogP contribution in [0.15, 0.2) is 131 Å². The van der Waals surface area contributed by atoms with Crippen molar-refractivity contribution in [1.29, 1.82) is 0 Å². The number of likely N-dealkylation sites (tertiary alicyclic amines) is 1. The molecule has 3 aliphatic heterocycles. The average molecular weight is 1180 g/mol. The van der Waals surface area contributed by atoms with Crippen LogP contribution in [-0.2, 0) is 23.5 Å². The Bertz CT molecular complexity index is 3350. The number of aromatic carboxylic acids is 1. The molecule has 3 saturated heterocycles. The monoisotopic (exact) mass is 1180 g/mol. The highest BCUT2D eigenvalue weighted by atomic mass is 35.5. The van der Waals surface area contributed by atoms with Crippen molar-refractivity contribution in [3.05, 3.63) is 138 Å². The molecule has 4 heterocycles. The molecule has 0 saturated carbocycles. The molecule has 422 valence electrons. The van der Waals surface area contributed by atoms with E-state index in [-0.39, 0.29) is 47.8 Å². The fourth-order valence-electron chi connectivity index (χ4n) is 11.0. The lowest BCUT2D eigenvalue weighted by Gasteiger charge is -2.37. The van der Waals surface area contributed by atoms with Crippen LogP contribution < -0.4 is 25.1 Å². The van der Waals surface area contributed by atoms with Crippen LogP contribution in [0, 0.1) is 12.8 Å². The van der Waals surface area contributed by atoms with Gasteiger partial charge in [0.25, 0.3) is 9.84 Å². The summed E-state index contributed by atoms with van der Waals surface area (Å²) >= 11 is 7.73. The molecular formula is C56H64ClF3N6O9P2S2. The van der Waals surface area contributed by atoms with Gasteiger partial charge in [-0.15, -0.1) is 11.8 Å². The fraction of sp³-hybridized carbons (Fsp3) is 0.375. The number of sulfone groups is 1. The third-order valence-electron chi connectivity index (χ3n) is 14.9. The van der Waals surface area contributed by atoms with Crippen LogP contribution in [0.1, 0.15) is 55.2 Å². The van der Waals surface area contributed by atoms with Crippen LogP contribution in [0.2, 0.25) is 5.02 Å². The number of anilines is 4. The molecule has 9 rings (SSSR count). The highest BCUT2D eigenvalue weighted by Gasteiger charge is 2.49. The summed E-state index contributed by atoms with van der Waals surface area (Å²) in [6.07, 6.45) is 1.39. The quantitative estimate of drug-likeness (QED) is 0.0443. The van der Waals surface area contributed by atoms with Crippen molar-refractivity contribution in [3.8, 4) is 22.4 Å². The van der Waals surface area contributed by atoms with Crippen LogP contribution in [0.4, 0.5) is 35.9 Å². The van der Waals surface area contributed by atoms with Crippen LogP contribution in [0.25, 0.3) is 22.4 Å². The van der Waals surface area contributed by atoms with Crippen molar-refractivity contribution in [2.45, 2.75) is 67.4 Å². The minimum absolute atomic E-state index is 0.0257. The molecule has 5 aromatic carbocycles. The molecule has 0 unspecified atom stereocenters. The van der Waals surface area contributed by atoms with E-state index in [1.54, 1.807) is 24.3 Å². The summed E-state index contributed by atoms with van der Waals surface area (Å²) in [5.74, 6) is -0.776. The lowest BCUT2D eigenvalue weighted by atomic mass is 9.96. The second-order valence-corrected chi connectivity index (χ2v) is 27.9. The van der Waals surface area contributed by atoms with Crippen LogP contribution in [0.5, 0.6) is 0 Å². The first-order chi connectivity index (χ1) is 37.5. The average Bonchev–Trinajstić information content (AvgIpc) is 4.14. The summed E-state index contributed by atoms with van der Waals surface area (Å²) in [4.78, 5) is 38.4. The van der Waals surface area contributed by atoms with Crippen molar-refractivity contribution in [2.75, 3.05) is 90.7 Å². The molecule has 3 aliphatic rings. The van der Waals surface area contributed by atoms with E-state index >= 15 is 4.57 Å². The Labute approximate surface area is 468 Å². The van der Waals surface area contributed by atoms with E-state index in [4.69, 9.17) is 16.1 Å². The third-order valence-corrected chi connectivity index (χ3v) is 21.4. The Hall–Kier alpha value is -5.27. The highest BCUT2D eigenvalue weighted by molar-refractivity contribution is 7.99. The van der Waals surface area contributed by atoms with E-state index in [1.165, 1.54) is 28.6 Å². The molecule has 4 N–H and O–H groups in total. The van der Waals surface area contributed by atoms with E-state index < -0.39 is 47.4 Å². The molecule has 0 radical (unpaired) electrons. The first kappa shape index (κ1) is 58.4. The maximum absolute atomic E-state index is 15.0. The largest absolute Gasteiger partial charge is 0.501 e. The Morgan fingerprint density at radius 3 is 2.10 bits per heavy atom. The van der Waals surface area contributed by atoms with Gasteiger partial charge in [-0.1, -0.05) is 54.1 Å². The predicted octanol–water partition coefficient (Wildman–Crippen LogP) is 11.9. The highest BCUT2D eigenvalue weighted by Crippen LogP contribution is 2.56. The second-order valence-electron chi connectivity index (χ2n) is 20.5. The van der Waals surface area contributed by atoms with Gasteiger partial charge in [0, 0.05) is 88.8 Å². The Kier molecular flexibility index (Phi) is 17.8. The summed E-state index contributed by atoms with van der Waals surface area (Å²) in [5, 5.41) is 14.1. The molecule has 6 aromatic rings. The van der Waals surface area contributed by atoms with Crippen molar-refractivity contribution in [1.82, 2.24) is 9.47 Å². The predicted molar refractivity (Wildman–Crippen MR) is 309 cm³/mol. The number of carboxylic acid groups (broad SMARTS) is 1. The number of carbonyl (C=O) groups is 1. The van der Waals surface area contributed by atoms with E-state index in [0.717, 1.165) is 39.2 Å². The maximum atomic E-state index is 15.0. The van der Waals surface area contributed by atoms with Crippen LogP contribution in [0.3, 0.4) is 0 Å². The van der Waals surface area contributed by atoms with E-state index in [9.17, 15) is 45.8 Å².